The van der Waals surface area contributed by atoms with E-state index in [1.807, 2.05) is 0 Å². The van der Waals surface area contributed by atoms with Gasteiger partial charge in [0.05, 0.1) is 41.4 Å². The fourth-order valence-corrected chi connectivity index (χ4v) is 4.40. The lowest BCUT2D eigenvalue weighted by Gasteiger charge is -2.14. The molecular formula is C22H16N2O6S2. The molecule has 1 aliphatic heterocycles. The first kappa shape index (κ1) is 21.6. The Morgan fingerprint density at radius 1 is 1.09 bits per heavy atom. The lowest BCUT2D eigenvalue weighted by molar-refractivity contribution is -0.384. The Labute approximate surface area is 192 Å². The number of nitro groups is 1. The molecule has 8 nitrogen and oxygen atoms in total. The summed E-state index contributed by atoms with van der Waals surface area (Å²) in [6, 6.07) is 14.7. The van der Waals surface area contributed by atoms with Gasteiger partial charge >= 0.3 is 0 Å². The van der Waals surface area contributed by atoms with E-state index in [4.69, 9.17) is 26.1 Å². The molecule has 4 rings (SSSR count). The molecule has 1 aromatic heterocycles. The van der Waals surface area contributed by atoms with Crippen LogP contribution in [0, 0.1) is 10.1 Å². The zero-order valence-corrected chi connectivity index (χ0v) is 18.6. The molecule has 0 bridgehead atoms. The molecule has 2 aromatic carbocycles. The van der Waals surface area contributed by atoms with Crippen LogP contribution in [0.15, 0.2) is 63.9 Å². The van der Waals surface area contributed by atoms with E-state index in [2.05, 4.69) is 0 Å². The number of hydrogen-bond acceptors (Lipinski definition) is 8. The zero-order chi connectivity index (χ0) is 22.8. The normalized spacial score (nSPS) is 14.8. The first-order valence-electron chi connectivity index (χ1n) is 9.26. The molecule has 32 heavy (non-hydrogen) atoms. The number of non-ortho nitro benzene ring substituents is 1. The lowest BCUT2D eigenvalue weighted by atomic mass is 10.1. The Morgan fingerprint density at radius 2 is 1.84 bits per heavy atom. The predicted octanol–water partition coefficient (Wildman–Crippen LogP) is 5.28. The first-order chi connectivity index (χ1) is 15.4. The summed E-state index contributed by atoms with van der Waals surface area (Å²) < 4.78 is 16.7. The monoisotopic (exact) mass is 468 g/mol. The van der Waals surface area contributed by atoms with Gasteiger partial charge in [0.25, 0.3) is 11.6 Å². The molecule has 1 fully saturated rings. The number of carbonyl (C=O) groups is 1. The van der Waals surface area contributed by atoms with Crippen LogP contribution in [0.1, 0.15) is 5.76 Å². The SMILES string of the molecule is COc1ccc(N2C(=O)/C(=C/c3ccc(-c4ccc([N+](=O)[O-])cc4OC)o3)SC2=S)cc1. The summed E-state index contributed by atoms with van der Waals surface area (Å²) in [6.45, 7) is 0. The molecule has 1 aliphatic rings. The maximum absolute atomic E-state index is 12.9. The van der Waals surface area contributed by atoms with Crippen molar-refractivity contribution in [1.82, 2.24) is 0 Å². The van der Waals surface area contributed by atoms with E-state index in [0.717, 1.165) is 0 Å². The highest BCUT2D eigenvalue weighted by Gasteiger charge is 2.33. The number of thioether (sulfide) groups is 1. The maximum Gasteiger partial charge on any atom is 0.273 e. The Balaban J connectivity index is 1.60. The second-order valence-corrected chi connectivity index (χ2v) is 8.23. The second-order valence-electron chi connectivity index (χ2n) is 6.56. The molecule has 1 amide bonds. The van der Waals surface area contributed by atoms with Crippen molar-refractivity contribution in [3.05, 3.63) is 75.4 Å². The molecule has 0 radical (unpaired) electrons. The summed E-state index contributed by atoms with van der Waals surface area (Å²) in [7, 11) is 3.00. The van der Waals surface area contributed by atoms with Crippen molar-refractivity contribution in [3.63, 3.8) is 0 Å². The minimum Gasteiger partial charge on any atom is -0.497 e. The van der Waals surface area contributed by atoms with Crippen molar-refractivity contribution in [1.29, 1.82) is 0 Å². The minimum atomic E-state index is -0.495. The number of anilines is 1. The lowest BCUT2D eigenvalue weighted by Crippen LogP contribution is -2.27. The number of carbonyl (C=O) groups excluding carboxylic acids is 1. The van der Waals surface area contributed by atoms with Gasteiger partial charge in [-0.15, -0.1) is 0 Å². The van der Waals surface area contributed by atoms with Gasteiger partial charge in [0.1, 0.15) is 23.0 Å². The van der Waals surface area contributed by atoms with Gasteiger partial charge in [-0.3, -0.25) is 19.8 Å². The number of rotatable bonds is 6. The average molecular weight is 469 g/mol. The van der Waals surface area contributed by atoms with Crippen LogP contribution in [-0.4, -0.2) is 29.4 Å². The summed E-state index contributed by atoms with van der Waals surface area (Å²) >= 11 is 6.57. The molecule has 0 saturated carbocycles. The largest absolute Gasteiger partial charge is 0.497 e. The number of benzene rings is 2. The van der Waals surface area contributed by atoms with Crippen molar-refractivity contribution in [2.24, 2.45) is 0 Å². The average Bonchev–Trinajstić information content (AvgIpc) is 3.37. The van der Waals surface area contributed by atoms with Crippen molar-refractivity contribution < 1.29 is 23.6 Å². The fraction of sp³-hybridized carbons (Fsp3) is 0.0909. The highest BCUT2D eigenvalue weighted by molar-refractivity contribution is 8.27. The molecule has 2 heterocycles. The standard InChI is InChI=1S/C22H16N2O6S2/c1-28-15-6-3-13(4-7-15)23-21(25)20(32-22(23)31)12-16-8-10-18(30-16)17-9-5-14(24(26)27)11-19(17)29-2/h3-12H,1-2H3/b20-12-. The van der Waals surface area contributed by atoms with Gasteiger partial charge in [-0.05, 0) is 42.5 Å². The van der Waals surface area contributed by atoms with Crippen molar-refractivity contribution in [3.8, 4) is 22.8 Å². The van der Waals surface area contributed by atoms with Crippen LogP contribution in [0.3, 0.4) is 0 Å². The highest BCUT2D eigenvalue weighted by Crippen LogP contribution is 2.38. The van der Waals surface area contributed by atoms with Gasteiger partial charge in [-0.1, -0.05) is 24.0 Å². The molecule has 3 aromatic rings. The van der Waals surface area contributed by atoms with E-state index < -0.39 is 4.92 Å². The van der Waals surface area contributed by atoms with Crippen LogP contribution in [-0.2, 0) is 4.79 Å². The van der Waals surface area contributed by atoms with Crippen LogP contribution in [0.4, 0.5) is 11.4 Å². The van der Waals surface area contributed by atoms with Gasteiger partial charge in [0, 0.05) is 12.1 Å². The smallest absolute Gasteiger partial charge is 0.273 e. The van der Waals surface area contributed by atoms with Crippen LogP contribution in [0.5, 0.6) is 11.5 Å². The van der Waals surface area contributed by atoms with Gasteiger partial charge in [-0.2, -0.15) is 0 Å². The highest BCUT2D eigenvalue weighted by atomic mass is 32.2. The maximum atomic E-state index is 12.9. The molecular weight excluding hydrogens is 452 g/mol. The van der Waals surface area contributed by atoms with Crippen LogP contribution in [0.25, 0.3) is 17.4 Å². The Hall–Kier alpha value is -3.63. The van der Waals surface area contributed by atoms with E-state index in [1.165, 1.54) is 35.9 Å². The number of thiocarbonyl (C=S) groups is 1. The Bertz CT molecular complexity index is 1250. The molecule has 1 saturated heterocycles. The quantitative estimate of drug-likeness (QED) is 0.209. The van der Waals surface area contributed by atoms with Crippen LogP contribution >= 0.6 is 24.0 Å². The molecule has 162 valence electrons. The van der Waals surface area contributed by atoms with Crippen molar-refractivity contribution in [2.45, 2.75) is 0 Å². The summed E-state index contributed by atoms with van der Waals surface area (Å²) in [6.07, 6.45) is 1.62. The minimum absolute atomic E-state index is 0.0837. The molecule has 0 spiro atoms. The molecule has 0 atom stereocenters. The molecule has 10 heteroatoms. The third-order valence-corrected chi connectivity index (χ3v) is 5.99. The third kappa shape index (κ3) is 4.10. The summed E-state index contributed by atoms with van der Waals surface area (Å²) in [5, 5.41) is 11.0. The summed E-state index contributed by atoms with van der Waals surface area (Å²) in [5.74, 6) is 1.63. The number of methoxy groups -OCH3 is 2. The summed E-state index contributed by atoms with van der Waals surface area (Å²) in [4.78, 5) is 25.3. The van der Waals surface area contributed by atoms with E-state index in [-0.39, 0.29) is 11.6 Å². The van der Waals surface area contributed by atoms with Gasteiger partial charge < -0.3 is 13.9 Å². The van der Waals surface area contributed by atoms with E-state index >= 15 is 0 Å². The Morgan fingerprint density at radius 3 is 2.50 bits per heavy atom. The van der Waals surface area contributed by atoms with Crippen molar-refractivity contribution in [2.75, 3.05) is 19.1 Å². The number of nitro benzene ring substituents is 1. The van der Waals surface area contributed by atoms with Crippen LogP contribution < -0.4 is 14.4 Å². The first-order valence-corrected chi connectivity index (χ1v) is 10.5. The molecule has 0 aliphatic carbocycles. The zero-order valence-electron chi connectivity index (χ0n) is 16.9. The van der Waals surface area contributed by atoms with E-state index in [0.29, 0.717) is 43.5 Å². The van der Waals surface area contributed by atoms with Crippen molar-refractivity contribution >= 4 is 51.7 Å². The third-order valence-electron chi connectivity index (χ3n) is 4.69. The number of hydrogen-bond donors (Lipinski definition) is 0. The van der Waals surface area contributed by atoms with Crippen LogP contribution in [0.2, 0.25) is 0 Å². The number of amides is 1. The second kappa shape index (κ2) is 8.85. The fourth-order valence-electron chi connectivity index (χ4n) is 3.12. The predicted molar refractivity (Wildman–Crippen MR) is 126 cm³/mol. The number of nitrogens with zero attached hydrogens (tertiary/aromatic N) is 2. The Kier molecular flexibility index (Phi) is 5.97. The van der Waals surface area contributed by atoms with Gasteiger partial charge in [0.2, 0.25) is 0 Å². The van der Waals surface area contributed by atoms with Gasteiger partial charge in [-0.25, -0.2) is 0 Å². The summed E-state index contributed by atoms with van der Waals surface area (Å²) in [5.41, 5.74) is 1.12. The molecule has 0 unspecified atom stereocenters. The topological polar surface area (TPSA) is 95.0 Å². The molecule has 0 N–H and O–H groups in total. The number of ether oxygens (including phenoxy) is 2. The number of furan rings is 1. The van der Waals surface area contributed by atoms with Gasteiger partial charge in [0.15, 0.2) is 4.32 Å². The van der Waals surface area contributed by atoms with E-state index in [9.17, 15) is 14.9 Å². The van der Waals surface area contributed by atoms with E-state index in [1.54, 1.807) is 55.7 Å².